The molecule has 1 aromatic carbocycles. The third kappa shape index (κ3) is 1.76. The molecule has 2 aromatic heterocycles. The predicted octanol–water partition coefficient (Wildman–Crippen LogP) is 2.27. The molecule has 0 aliphatic carbocycles. The van der Waals surface area contributed by atoms with E-state index in [1.807, 2.05) is 37.8 Å². The minimum Gasteiger partial charge on any atom is -0.347 e. The topological polar surface area (TPSA) is 53.6 Å². The molecule has 3 aromatic rings. The molecule has 0 aliphatic rings. The number of aromatic amines is 1. The van der Waals surface area contributed by atoms with Crippen molar-refractivity contribution in [1.82, 2.24) is 20.3 Å². The molecule has 0 bridgehead atoms. The lowest BCUT2D eigenvalue weighted by Crippen LogP contribution is -2.19. The fourth-order valence-corrected chi connectivity index (χ4v) is 2.27. The number of imidazole rings is 1. The van der Waals surface area contributed by atoms with Crippen molar-refractivity contribution >= 4 is 10.8 Å². The Morgan fingerprint density at radius 1 is 1.22 bits per heavy atom. The quantitative estimate of drug-likeness (QED) is 0.736. The van der Waals surface area contributed by atoms with Crippen LogP contribution in [0, 0.1) is 0 Å². The normalized spacial score (nSPS) is 12.7. The summed E-state index contributed by atoms with van der Waals surface area (Å²) in [6.07, 6.45) is 7.31. The molecule has 0 spiro atoms. The standard InChI is InChI=1S/C14H14N4/c1-15-13(14-17-7-8-18-14)12-4-2-3-10-9-16-6-5-11(10)12/h2-9,13,15H,1H3,(H,17,18). The van der Waals surface area contributed by atoms with Gasteiger partial charge in [-0.25, -0.2) is 4.98 Å². The highest BCUT2D eigenvalue weighted by atomic mass is 15.0. The van der Waals surface area contributed by atoms with E-state index < -0.39 is 0 Å². The van der Waals surface area contributed by atoms with E-state index in [1.165, 1.54) is 10.9 Å². The molecule has 4 nitrogen and oxygen atoms in total. The molecular formula is C14H14N4. The Labute approximate surface area is 105 Å². The number of hydrogen-bond donors (Lipinski definition) is 2. The second-order valence-electron chi connectivity index (χ2n) is 4.14. The van der Waals surface area contributed by atoms with Gasteiger partial charge in [0.25, 0.3) is 0 Å². The Morgan fingerprint density at radius 2 is 2.17 bits per heavy atom. The molecule has 2 N–H and O–H groups in total. The fraction of sp³-hybridized carbons (Fsp3) is 0.143. The highest BCUT2D eigenvalue weighted by Crippen LogP contribution is 2.26. The van der Waals surface area contributed by atoms with Crippen LogP contribution in [0.1, 0.15) is 17.4 Å². The third-order valence-electron chi connectivity index (χ3n) is 3.11. The second-order valence-corrected chi connectivity index (χ2v) is 4.14. The second kappa shape index (κ2) is 4.58. The number of hydrogen-bond acceptors (Lipinski definition) is 3. The third-order valence-corrected chi connectivity index (χ3v) is 3.11. The van der Waals surface area contributed by atoms with Crippen LogP contribution < -0.4 is 5.32 Å². The van der Waals surface area contributed by atoms with Gasteiger partial charge in [0.05, 0.1) is 6.04 Å². The van der Waals surface area contributed by atoms with E-state index in [9.17, 15) is 0 Å². The van der Waals surface area contributed by atoms with Gasteiger partial charge in [-0.3, -0.25) is 4.98 Å². The first-order chi connectivity index (χ1) is 8.90. The first kappa shape index (κ1) is 10.9. The molecule has 0 aliphatic heterocycles. The van der Waals surface area contributed by atoms with Gasteiger partial charge in [-0.2, -0.15) is 0 Å². The molecule has 3 rings (SSSR count). The maximum atomic E-state index is 4.34. The van der Waals surface area contributed by atoms with E-state index >= 15 is 0 Å². The summed E-state index contributed by atoms with van der Waals surface area (Å²) >= 11 is 0. The summed E-state index contributed by atoms with van der Waals surface area (Å²) < 4.78 is 0. The lowest BCUT2D eigenvalue weighted by molar-refractivity contribution is 0.659. The van der Waals surface area contributed by atoms with Crippen LogP contribution in [0.15, 0.2) is 49.1 Å². The van der Waals surface area contributed by atoms with E-state index in [1.54, 1.807) is 6.20 Å². The van der Waals surface area contributed by atoms with E-state index in [0.717, 1.165) is 11.2 Å². The molecule has 0 fully saturated rings. The SMILES string of the molecule is CNC(c1ncc[nH]1)c1cccc2cnccc12. The summed E-state index contributed by atoms with van der Waals surface area (Å²) in [6.45, 7) is 0. The van der Waals surface area contributed by atoms with Crippen LogP contribution in [0.4, 0.5) is 0 Å². The largest absolute Gasteiger partial charge is 0.347 e. The fourth-order valence-electron chi connectivity index (χ4n) is 2.27. The van der Waals surface area contributed by atoms with Crippen molar-refractivity contribution in [3.05, 3.63) is 60.4 Å². The molecule has 2 heterocycles. The Bertz CT molecular complexity index is 640. The van der Waals surface area contributed by atoms with Crippen LogP contribution in [0.3, 0.4) is 0 Å². The number of H-pyrrole nitrogens is 1. The number of fused-ring (bicyclic) bond motifs is 1. The molecule has 0 amide bonds. The van der Waals surface area contributed by atoms with Gasteiger partial charge in [-0.15, -0.1) is 0 Å². The van der Waals surface area contributed by atoms with E-state index in [4.69, 9.17) is 0 Å². The zero-order valence-electron chi connectivity index (χ0n) is 10.1. The van der Waals surface area contributed by atoms with Crippen LogP contribution in [0.5, 0.6) is 0 Å². The van der Waals surface area contributed by atoms with Gasteiger partial charge in [-0.05, 0) is 24.1 Å². The zero-order chi connectivity index (χ0) is 12.4. The minimum atomic E-state index is 0.0612. The smallest absolute Gasteiger partial charge is 0.127 e. The van der Waals surface area contributed by atoms with Crippen LogP contribution in [0.25, 0.3) is 10.8 Å². The first-order valence-electron chi connectivity index (χ1n) is 5.89. The number of nitrogens with one attached hydrogen (secondary N) is 2. The van der Waals surface area contributed by atoms with E-state index in [0.29, 0.717) is 0 Å². The molecule has 18 heavy (non-hydrogen) atoms. The van der Waals surface area contributed by atoms with Gasteiger partial charge in [0.15, 0.2) is 0 Å². The number of rotatable bonds is 3. The average molecular weight is 238 g/mol. The summed E-state index contributed by atoms with van der Waals surface area (Å²) in [5.41, 5.74) is 1.20. The van der Waals surface area contributed by atoms with Crippen molar-refractivity contribution in [3.63, 3.8) is 0 Å². The van der Waals surface area contributed by atoms with Crippen LogP contribution in [-0.4, -0.2) is 22.0 Å². The predicted molar refractivity (Wildman–Crippen MR) is 71.2 cm³/mol. The number of benzene rings is 1. The van der Waals surface area contributed by atoms with Gasteiger partial charge in [0, 0.05) is 30.2 Å². The summed E-state index contributed by atoms with van der Waals surface area (Å²) in [4.78, 5) is 11.7. The molecule has 0 radical (unpaired) electrons. The summed E-state index contributed by atoms with van der Waals surface area (Å²) in [5.74, 6) is 0.918. The maximum Gasteiger partial charge on any atom is 0.127 e. The summed E-state index contributed by atoms with van der Waals surface area (Å²) in [5, 5.41) is 5.64. The van der Waals surface area contributed by atoms with Gasteiger partial charge in [0.1, 0.15) is 5.82 Å². The molecule has 0 saturated carbocycles. The van der Waals surface area contributed by atoms with Crippen LogP contribution >= 0.6 is 0 Å². The van der Waals surface area contributed by atoms with Crippen molar-refractivity contribution in [2.45, 2.75) is 6.04 Å². The van der Waals surface area contributed by atoms with Crippen LogP contribution in [0.2, 0.25) is 0 Å². The monoisotopic (exact) mass is 238 g/mol. The van der Waals surface area contributed by atoms with Crippen LogP contribution in [-0.2, 0) is 0 Å². The van der Waals surface area contributed by atoms with Crippen molar-refractivity contribution < 1.29 is 0 Å². The number of nitrogens with zero attached hydrogens (tertiary/aromatic N) is 2. The van der Waals surface area contributed by atoms with Crippen molar-refractivity contribution in [2.24, 2.45) is 0 Å². The Morgan fingerprint density at radius 3 is 2.94 bits per heavy atom. The van der Waals surface area contributed by atoms with Gasteiger partial charge in [0.2, 0.25) is 0 Å². The molecule has 1 atom stereocenters. The van der Waals surface area contributed by atoms with Crippen molar-refractivity contribution in [2.75, 3.05) is 7.05 Å². The van der Waals surface area contributed by atoms with E-state index in [-0.39, 0.29) is 6.04 Å². The molecule has 90 valence electrons. The van der Waals surface area contributed by atoms with Crippen molar-refractivity contribution in [1.29, 1.82) is 0 Å². The molecule has 1 unspecified atom stereocenters. The van der Waals surface area contributed by atoms with Gasteiger partial charge < -0.3 is 10.3 Å². The Hall–Kier alpha value is -2.20. The first-order valence-corrected chi connectivity index (χ1v) is 5.89. The highest BCUT2D eigenvalue weighted by molar-refractivity contribution is 5.85. The summed E-state index contributed by atoms with van der Waals surface area (Å²) in [6, 6.07) is 8.34. The van der Waals surface area contributed by atoms with Crippen molar-refractivity contribution in [3.8, 4) is 0 Å². The van der Waals surface area contributed by atoms with Gasteiger partial charge in [-0.1, -0.05) is 18.2 Å². The Kier molecular flexibility index (Phi) is 2.78. The highest BCUT2D eigenvalue weighted by Gasteiger charge is 2.16. The van der Waals surface area contributed by atoms with Gasteiger partial charge >= 0.3 is 0 Å². The number of pyridine rings is 1. The lowest BCUT2D eigenvalue weighted by atomic mass is 10.00. The molecule has 4 heteroatoms. The average Bonchev–Trinajstić information content (AvgIpc) is 2.94. The number of aromatic nitrogens is 3. The lowest BCUT2D eigenvalue weighted by Gasteiger charge is -2.16. The maximum absolute atomic E-state index is 4.34. The van der Waals surface area contributed by atoms with E-state index in [2.05, 4.69) is 32.4 Å². The minimum absolute atomic E-state index is 0.0612. The molecular weight excluding hydrogens is 224 g/mol. The Balaban J connectivity index is 2.18. The summed E-state index contributed by atoms with van der Waals surface area (Å²) in [7, 11) is 1.94. The molecule has 0 saturated heterocycles. The zero-order valence-corrected chi connectivity index (χ0v) is 10.1.